The summed E-state index contributed by atoms with van der Waals surface area (Å²) < 4.78 is 0. The first-order chi connectivity index (χ1) is 25.8. The van der Waals surface area contributed by atoms with Gasteiger partial charge in [-0.05, 0) is 101 Å². The smallest absolute Gasteiger partial charge is 0.160 e. The fourth-order valence-electron chi connectivity index (χ4n) is 8.31. The largest absolute Gasteiger partial charge is 0.236 e. The molecule has 2 nitrogen and oxygen atoms in total. The molecule has 10 rings (SSSR count). The molecule has 0 saturated carbocycles. The summed E-state index contributed by atoms with van der Waals surface area (Å²) in [6.07, 6.45) is 10.7. The lowest BCUT2D eigenvalue weighted by Gasteiger charge is -2.20. The van der Waals surface area contributed by atoms with Gasteiger partial charge in [-0.25, -0.2) is 9.97 Å². The van der Waals surface area contributed by atoms with E-state index in [2.05, 4.69) is 164 Å². The lowest BCUT2D eigenvalue weighted by atomic mass is 9.83. The van der Waals surface area contributed by atoms with Crippen LogP contribution in [0.3, 0.4) is 0 Å². The highest BCUT2D eigenvalue weighted by Crippen LogP contribution is 2.45. The van der Waals surface area contributed by atoms with Crippen molar-refractivity contribution >= 4 is 44.5 Å². The van der Waals surface area contributed by atoms with Crippen LogP contribution in [0.2, 0.25) is 0 Å². The van der Waals surface area contributed by atoms with Crippen molar-refractivity contribution < 1.29 is 0 Å². The standard InChI is InChI=1S/C50H34N2/c1-4-16-33(17-5-1)37-31-51-50(52-32-37)49-42-26-14-12-24-40(42)48(41-25-13-15-27-43(41)49)36-28-29-44-45(30-36)47(35-20-8-3-9-21-35)39-23-11-10-22-38(39)46(44)34-18-6-2-7-19-34/h1-12,14,16-32H,13,15H2. The van der Waals surface area contributed by atoms with E-state index in [9.17, 15) is 0 Å². The molecule has 1 aliphatic rings. The van der Waals surface area contributed by atoms with Gasteiger partial charge in [0.05, 0.1) is 0 Å². The minimum Gasteiger partial charge on any atom is -0.236 e. The summed E-state index contributed by atoms with van der Waals surface area (Å²) in [4.78, 5) is 9.99. The van der Waals surface area contributed by atoms with Gasteiger partial charge < -0.3 is 0 Å². The molecule has 1 aromatic heterocycles. The molecule has 0 fully saturated rings. The van der Waals surface area contributed by atoms with Crippen molar-refractivity contribution in [2.75, 3.05) is 0 Å². The minimum absolute atomic E-state index is 0.758. The first-order valence-electron chi connectivity index (χ1n) is 18.1. The van der Waals surface area contributed by atoms with E-state index in [1.54, 1.807) is 0 Å². The molecule has 8 aromatic carbocycles. The number of nitrogens with zero attached hydrogens (tertiary/aromatic N) is 2. The van der Waals surface area contributed by atoms with E-state index in [0.29, 0.717) is 0 Å². The number of hydrogen-bond donors (Lipinski definition) is 0. The quantitative estimate of drug-likeness (QED) is 0.171. The average Bonchev–Trinajstić information content (AvgIpc) is 3.22. The van der Waals surface area contributed by atoms with Gasteiger partial charge in [0.1, 0.15) is 0 Å². The van der Waals surface area contributed by atoms with Gasteiger partial charge in [-0.1, -0.05) is 164 Å². The van der Waals surface area contributed by atoms with E-state index in [-0.39, 0.29) is 0 Å². The second kappa shape index (κ2) is 12.6. The summed E-state index contributed by atoms with van der Waals surface area (Å²) in [5.41, 5.74) is 10.7. The minimum atomic E-state index is 0.758. The molecule has 0 amide bonds. The van der Waals surface area contributed by atoms with E-state index in [0.717, 1.165) is 35.4 Å². The number of fused-ring (bicyclic) bond motifs is 4. The Balaban J connectivity index is 1.27. The summed E-state index contributed by atoms with van der Waals surface area (Å²) in [5.74, 6) is 0.758. The van der Waals surface area contributed by atoms with E-state index in [1.807, 2.05) is 18.5 Å². The van der Waals surface area contributed by atoms with Gasteiger partial charge in [-0.3, -0.25) is 0 Å². The zero-order valence-electron chi connectivity index (χ0n) is 28.6. The molecular formula is C50H34N2. The van der Waals surface area contributed by atoms with Crippen molar-refractivity contribution in [1.82, 2.24) is 9.97 Å². The third-order valence-electron chi connectivity index (χ3n) is 10.6. The molecule has 0 bridgehead atoms. The Morgan fingerprint density at radius 2 is 0.731 bits per heavy atom. The second-order valence-corrected chi connectivity index (χ2v) is 13.6. The van der Waals surface area contributed by atoms with Crippen LogP contribution < -0.4 is 10.4 Å². The normalized spacial score (nSPS) is 12.4. The highest BCUT2D eigenvalue weighted by atomic mass is 14.9. The molecule has 2 heteroatoms. The van der Waals surface area contributed by atoms with Crippen molar-refractivity contribution in [1.29, 1.82) is 0 Å². The Labute approximate surface area is 302 Å². The monoisotopic (exact) mass is 662 g/mol. The second-order valence-electron chi connectivity index (χ2n) is 13.6. The molecule has 0 unspecified atom stereocenters. The molecule has 0 saturated heterocycles. The predicted octanol–water partition coefficient (Wildman–Crippen LogP) is 11.6. The van der Waals surface area contributed by atoms with Gasteiger partial charge in [-0.2, -0.15) is 0 Å². The molecule has 0 aliphatic heterocycles. The summed E-state index contributed by atoms with van der Waals surface area (Å²) in [6.45, 7) is 0. The van der Waals surface area contributed by atoms with Gasteiger partial charge in [0, 0.05) is 23.5 Å². The zero-order valence-corrected chi connectivity index (χ0v) is 28.6. The van der Waals surface area contributed by atoms with Crippen LogP contribution in [-0.4, -0.2) is 9.97 Å². The van der Waals surface area contributed by atoms with E-state index in [1.165, 1.54) is 76.1 Å². The summed E-state index contributed by atoms with van der Waals surface area (Å²) in [7, 11) is 0. The zero-order chi connectivity index (χ0) is 34.4. The van der Waals surface area contributed by atoms with Crippen LogP contribution in [-0.2, 0) is 0 Å². The Hall–Kier alpha value is -6.64. The first-order valence-corrected chi connectivity index (χ1v) is 18.1. The molecule has 9 aromatic rings. The van der Waals surface area contributed by atoms with Crippen LogP contribution in [0.1, 0.15) is 12.8 Å². The molecule has 0 N–H and O–H groups in total. The lowest BCUT2D eigenvalue weighted by molar-refractivity contribution is 1.11. The van der Waals surface area contributed by atoms with E-state index < -0.39 is 0 Å². The Morgan fingerprint density at radius 1 is 0.308 bits per heavy atom. The lowest BCUT2D eigenvalue weighted by Crippen LogP contribution is -2.32. The van der Waals surface area contributed by atoms with Crippen LogP contribution >= 0.6 is 0 Å². The molecule has 52 heavy (non-hydrogen) atoms. The van der Waals surface area contributed by atoms with E-state index in [4.69, 9.17) is 9.97 Å². The Kier molecular flexibility index (Phi) is 7.32. The highest BCUT2D eigenvalue weighted by molar-refractivity contribution is 6.22. The summed E-state index contributed by atoms with van der Waals surface area (Å²) in [5, 5.41) is 9.90. The number of rotatable bonds is 5. The van der Waals surface area contributed by atoms with Gasteiger partial charge in [0.15, 0.2) is 5.82 Å². The maximum Gasteiger partial charge on any atom is 0.160 e. The van der Waals surface area contributed by atoms with Crippen LogP contribution in [0.5, 0.6) is 0 Å². The molecule has 0 atom stereocenters. The van der Waals surface area contributed by atoms with Crippen LogP contribution in [0.4, 0.5) is 0 Å². The first kappa shape index (κ1) is 30.2. The van der Waals surface area contributed by atoms with Gasteiger partial charge in [0.25, 0.3) is 0 Å². The van der Waals surface area contributed by atoms with Gasteiger partial charge in [-0.15, -0.1) is 0 Å². The average molecular weight is 663 g/mol. The number of hydrogen-bond acceptors (Lipinski definition) is 2. The summed E-state index contributed by atoms with van der Waals surface area (Å²) in [6, 6.07) is 56.9. The fourth-order valence-corrected chi connectivity index (χ4v) is 8.31. The van der Waals surface area contributed by atoms with Crippen molar-refractivity contribution in [2.45, 2.75) is 12.8 Å². The SMILES string of the molecule is C1=c2c(-c3ccc4c(-c5ccccc5)c5ccccc5c(-c5ccccc5)c4c3)c3ccccc3c(-c3ncc(-c4ccccc4)cn3)c2=CCC1. The summed E-state index contributed by atoms with van der Waals surface area (Å²) >= 11 is 0. The van der Waals surface area contributed by atoms with Crippen LogP contribution in [0.15, 0.2) is 170 Å². The van der Waals surface area contributed by atoms with Gasteiger partial charge in [0.2, 0.25) is 0 Å². The maximum atomic E-state index is 4.99. The highest BCUT2D eigenvalue weighted by Gasteiger charge is 2.21. The van der Waals surface area contributed by atoms with Crippen molar-refractivity contribution in [2.24, 2.45) is 0 Å². The predicted molar refractivity (Wildman–Crippen MR) is 219 cm³/mol. The molecule has 1 heterocycles. The molecule has 0 radical (unpaired) electrons. The molecule has 244 valence electrons. The third-order valence-corrected chi connectivity index (χ3v) is 10.6. The van der Waals surface area contributed by atoms with Crippen molar-refractivity contribution in [3.8, 4) is 55.9 Å². The van der Waals surface area contributed by atoms with Gasteiger partial charge >= 0.3 is 0 Å². The molecule has 1 aliphatic carbocycles. The van der Waals surface area contributed by atoms with Crippen molar-refractivity contribution in [3.63, 3.8) is 0 Å². The van der Waals surface area contributed by atoms with Crippen LogP contribution in [0.25, 0.3) is 100 Å². The molecule has 0 spiro atoms. The third kappa shape index (κ3) is 4.95. The van der Waals surface area contributed by atoms with Crippen molar-refractivity contribution in [3.05, 3.63) is 181 Å². The molecular weight excluding hydrogens is 629 g/mol. The number of benzene rings is 8. The fraction of sp³-hybridized carbons (Fsp3) is 0.0400. The maximum absolute atomic E-state index is 4.99. The van der Waals surface area contributed by atoms with E-state index >= 15 is 0 Å². The Morgan fingerprint density at radius 3 is 1.29 bits per heavy atom. The van der Waals surface area contributed by atoms with Crippen LogP contribution in [0, 0.1) is 0 Å². The number of aromatic nitrogens is 2. The topological polar surface area (TPSA) is 25.8 Å². The Bertz CT molecular complexity index is 2910.